The number of ether oxygens (including phenoxy) is 1. The highest BCUT2D eigenvalue weighted by molar-refractivity contribution is 7.92. The largest absolute Gasteiger partial charge is 0.439 e. The molecule has 13 heteroatoms. The van der Waals surface area contributed by atoms with Crippen molar-refractivity contribution in [3.63, 3.8) is 0 Å². The lowest BCUT2D eigenvalue weighted by Crippen LogP contribution is -2.10. The number of sulfonamides is 1. The second-order valence-electron chi connectivity index (χ2n) is 8.54. The molecule has 5 rings (SSSR count). The molecule has 0 bridgehead atoms. The normalized spacial score (nSPS) is 11.6. The number of ketones is 1. The third-order valence-electron chi connectivity index (χ3n) is 5.57. The summed E-state index contributed by atoms with van der Waals surface area (Å²) in [5.41, 5.74) is 7.84. The molecule has 2 aromatic carbocycles. The Labute approximate surface area is 221 Å². The predicted molar refractivity (Wildman–Crippen MR) is 142 cm³/mol. The number of carbonyl (C=O) groups excluding carboxylic acids is 1. The Hall–Kier alpha value is -4.42. The van der Waals surface area contributed by atoms with Crippen molar-refractivity contribution in [2.24, 2.45) is 0 Å². The molecule has 0 spiro atoms. The van der Waals surface area contributed by atoms with E-state index in [0.29, 0.717) is 38.8 Å². The number of nitrogens with one attached hydrogen (secondary N) is 2. The Morgan fingerprint density at radius 3 is 2.68 bits per heavy atom. The zero-order chi connectivity index (χ0) is 27.2. The number of fused-ring (bicyclic) bond motifs is 1. The number of nitrogens with two attached hydrogens (primary N) is 1. The van der Waals surface area contributed by atoms with Crippen molar-refractivity contribution in [3.8, 4) is 17.3 Å². The molecular weight excluding hydrogens is 535 g/mol. The summed E-state index contributed by atoms with van der Waals surface area (Å²) in [4.78, 5) is 20.4. The minimum atomic E-state index is -3.69. The number of hydrogen-bond donors (Lipinski definition) is 3. The average molecular weight is 555 g/mol. The Balaban J connectivity index is 1.42. The van der Waals surface area contributed by atoms with Crippen LogP contribution in [-0.4, -0.2) is 40.2 Å². The molecule has 0 saturated carbocycles. The molecule has 0 amide bonds. The Bertz CT molecular complexity index is 1830. The molecule has 10 nitrogen and oxygen atoms in total. The van der Waals surface area contributed by atoms with Crippen LogP contribution in [0, 0.1) is 12.7 Å². The molecule has 0 aliphatic heterocycles. The Kier molecular flexibility index (Phi) is 6.29. The molecule has 38 heavy (non-hydrogen) atoms. The van der Waals surface area contributed by atoms with Crippen molar-refractivity contribution in [1.82, 2.24) is 19.7 Å². The second kappa shape index (κ2) is 9.47. The first-order valence-electron chi connectivity index (χ1n) is 11.1. The molecule has 4 N–H and O–H groups in total. The second-order valence-corrected chi connectivity index (χ2v) is 10.7. The fourth-order valence-corrected chi connectivity index (χ4v) is 4.59. The number of nitrogen functional groups attached to an aromatic ring is 1. The molecule has 0 saturated heterocycles. The molecule has 5 aromatic rings. The van der Waals surface area contributed by atoms with Gasteiger partial charge < -0.3 is 15.5 Å². The molecule has 0 aliphatic rings. The highest BCUT2D eigenvalue weighted by atomic mass is 35.5. The van der Waals surface area contributed by atoms with Gasteiger partial charge in [-0.3, -0.25) is 9.52 Å². The van der Waals surface area contributed by atoms with E-state index in [1.165, 1.54) is 29.2 Å². The van der Waals surface area contributed by atoms with Gasteiger partial charge in [-0.05, 0) is 49.4 Å². The molecule has 3 heterocycles. The summed E-state index contributed by atoms with van der Waals surface area (Å²) < 4.78 is 46.6. The molecule has 0 atom stereocenters. The van der Waals surface area contributed by atoms with E-state index in [0.717, 1.165) is 12.3 Å². The topological polar surface area (TPSA) is 145 Å². The van der Waals surface area contributed by atoms with E-state index >= 15 is 0 Å². The van der Waals surface area contributed by atoms with Gasteiger partial charge in [0.05, 0.1) is 41.3 Å². The summed E-state index contributed by atoms with van der Waals surface area (Å²) in [5, 5.41) is 5.16. The van der Waals surface area contributed by atoms with Gasteiger partial charge in [-0.2, -0.15) is 5.10 Å². The molecule has 3 aromatic heterocycles. The minimum Gasteiger partial charge on any atom is -0.439 e. The number of aromatic amines is 1. The summed E-state index contributed by atoms with van der Waals surface area (Å²) in [6.07, 6.45) is 3.75. The van der Waals surface area contributed by atoms with Crippen molar-refractivity contribution in [2.75, 3.05) is 16.7 Å². The van der Waals surface area contributed by atoms with Crippen molar-refractivity contribution >= 4 is 49.8 Å². The highest BCUT2D eigenvalue weighted by Crippen LogP contribution is 2.29. The quantitative estimate of drug-likeness (QED) is 0.244. The number of aryl methyl sites for hydroxylation is 1. The van der Waals surface area contributed by atoms with Crippen LogP contribution < -0.4 is 15.2 Å². The molecule has 0 fully saturated rings. The SMILES string of the molecule is Cc1cc(-n2ncc(C(=O)c3cc4cc(F)c(NS(C)(=O)=O)cc4[nH]3)c2N)cnc1Oc1cccc(Cl)c1. The van der Waals surface area contributed by atoms with E-state index in [9.17, 15) is 17.6 Å². The molecule has 0 aliphatic carbocycles. The zero-order valence-corrected chi connectivity index (χ0v) is 21.6. The predicted octanol–water partition coefficient (Wildman–Crippen LogP) is 4.83. The van der Waals surface area contributed by atoms with Crippen LogP contribution in [0.3, 0.4) is 0 Å². The summed E-state index contributed by atoms with van der Waals surface area (Å²) >= 11 is 6.01. The number of halogens is 2. The number of aromatic nitrogens is 4. The van der Waals surface area contributed by atoms with Gasteiger partial charge >= 0.3 is 0 Å². The standard InChI is InChI=1S/C25H20ClFN6O4S/c1-13-6-16(11-29-25(13)37-17-5-3-4-15(26)9-17)33-24(28)18(12-30-33)23(34)22-8-14-7-19(27)21(10-20(14)31-22)32-38(2,35)36/h3-12,31-32H,28H2,1-2H3. The fourth-order valence-electron chi connectivity index (χ4n) is 3.85. The van der Waals surface area contributed by atoms with Crippen LogP contribution >= 0.6 is 11.6 Å². The van der Waals surface area contributed by atoms with Crippen LogP contribution in [0.5, 0.6) is 11.6 Å². The van der Waals surface area contributed by atoms with Crippen LogP contribution in [0.1, 0.15) is 21.6 Å². The monoisotopic (exact) mass is 554 g/mol. The first-order chi connectivity index (χ1) is 18.0. The van der Waals surface area contributed by atoms with E-state index in [1.54, 1.807) is 37.3 Å². The highest BCUT2D eigenvalue weighted by Gasteiger charge is 2.21. The van der Waals surface area contributed by atoms with E-state index in [2.05, 4.69) is 19.8 Å². The molecular formula is C25H20ClFN6O4S. The summed E-state index contributed by atoms with van der Waals surface area (Å²) in [5.74, 6) is -0.283. The summed E-state index contributed by atoms with van der Waals surface area (Å²) in [6, 6.07) is 12.5. The van der Waals surface area contributed by atoms with Crippen LogP contribution in [0.4, 0.5) is 15.9 Å². The van der Waals surface area contributed by atoms with Gasteiger partial charge in [0.2, 0.25) is 21.7 Å². The van der Waals surface area contributed by atoms with Gasteiger partial charge in [0.1, 0.15) is 17.4 Å². The molecule has 0 unspecified atom stereocenters. The number of pyridine rings is 1. The Morgan fingerprint density at radius 1 is 1.18 bits per heavy atom. The first kappa shape index (κ1) is 25.2. The number of benzene rings is 2. The van der Waals surface area contributed by atoms with Gasteiger partial charge in [0.25, 0.3) is 0 Å². The number of H-pyrrole nitrogens is 1. The van der Waals surface area contributed by atoms with Crippen molar-refractivity contribution < 1.29 is 22.3 Å². The van der Waals surface area contributed by atoms with Crippen molar-refractivity contribution in [2.45, 2.75) is 6.92 Å². The molecule has 194 valence electrons. The minimum absolute atomic E-state index is 0.0731. The maximum absolute atomic E-state index is 14.4. The third kappa shape index (κ3) is 5.04. The average Bonchev–Trinajstić information content (AvgIpc) is 3.42. The lowest BCUT2D eigenvalue weighted by atomic mass is 10.1. The van der Waals surface area contributed by atoms with E-state index in [4.69, 9.17) is 22.1 Å². The maximum atomic E-state index is 14.4. The van der Waals surface area contributed by atoms with E-state index < -0.39 is 21.6 Å². The Morgan fingerprint density at radius 2 is 1.97 bits per heavy atom. The van der Waals surface area contributed by atoms with Gasteiger partial charge in [0, 0.05) is 21.5 Å². The van der Waals surface area contributed by atoms with E-state index in [1.807, 2.05) is 0 Å². The third-order valence-corrected chi connectivity index (χ3v) is 6.40. The van der Waals surface area contributed by atoms with Crippen LogP contribution in [0.25, 0.3) is 16.6 Å². The molecule has 0 radical (unpaired) electrons. The number of anilines is 2. The van der Waals surface area contributed by atoms with Crippen LogP contribution in [0.2, 0.25) is 5.02 Å². The van der Waals surface area contributed by atoms with Crippen LogP contribution in [-0.2, 0) is 10.0 Å². The summed E-state index contributed by atoms with van der Waals surface area (Å²) in [6.45, 7) is 1.80. The summed E-state index contributed by atoms with van der Waals surface area (Å²) in [7, 11) is -3.69. The van der Waals surface area contributed by atoms with Gasteiger partial charge in [0.15, 0.2) is 0 Å². The van der Waals surface area contributed by atoms with Gasteiger partial charge in [-0.15, -0.1) is 0 Å². The van der Waals surface area contributed by atoms with Crippen LogP contribution in [0.15, 0.2) is 60.9 Å². The fraction of sp³-hybridized carbons (Fsp3) is 0.0800. The first-order valence-corrected chi connectivity index (χ1v) is 13.3. The number of nitrogens with zero attached hydrogens (tertiary/aromatic N) is 3. The number of carbonyl (C=O) groups is 1. The van der Waals surface area contributed by atoms with Gasteiger partial charge in [-0.25, -0.2) is 22.5 Å². The number of rotatable bonds is 7. The maximum Gasteiger partial charge on any atom is 0.229 e. The smallest absolute Gasteiger partial charge is 0.229 e. The lowest BCUT2D eigenvalue weighted by Gasteiger charge is -2.10. The van der Waals surface area contributed by atoms with Crippen molar-refractivity contribution in [3.05, 3.63) is 88.6 Å². The van der Waals surface area contributed by atoms with E-state index in [-0.39, 0.29) is 22.8 Å². The van der Waals surface area contributed by atoms with Crippen molar-refractivity contribution in [1.29, 1.82) is 0 Å². The van der Waals surface area contributed by atoms with Gasteiger partial charge in [-0.1, -0.05) is 17.7 Å². The zero-order valence-electron chi connectivity index (χ0n) is 20.0. The number of hydrogen-bond acceptors (Lipinski definition) is 7. The lowest BCUT2D eigenvalue weighted by molar-refractivity contribution is 0.103.